The maximum absolute atomic E-state index is 12.5. The molecule has 1 amide bonds. The van der Waals surface area contributed by atoms with Crippen LogP contribution in [-0.4, -0.2) is 21.9 Å². The van der Waals surface area contributed by atoms with Gasteiger partial charge < -0.3 is 10.1 Å². The Morgan fingerprint density at radius 2 is 1.48 bits per heavy atom. The van der Waals surface area contributed by atoms with Gasteiger partial charge in [0.05, 0.1) is 0 Å². The molecule has 0 saturated heterocycles. The number of ether oxygens (including phenoxy) is 1. The summed E-state index contributed by atoms with van der Waals surface area (Å²) < 4.78 is 5.63. The van der Waals surface area contributed by atoms with Crippen LogP contribution in [0.4, 0.5) is 0 Å². The molecule has 1 aliphatic carbocycles. The molecule has 1 aliphatic rings. The highest BCUT2D eigenvalue weighted by Gasteiger charge is 2.15. The summed E-state index contributed by atoms with van der Waals surface area (Å²) in [7, 11) is 0. The lowest BCUT2D eigenvalue weighted by Gasteiger charge is -2.16. The number of amides is 1. The third kappa shape index (κ3) is 5.19. The van der Waals surface area contributed by atoms with Gasteiger partial charge >= 0.3 is 6.01 Å². The molecule has 0 spiro atoms. The van der Waals surface area contributed by atoms with Crippen LogP contribution in [0.5, 0.6) is 11.8 Å². The first-order chi connectivity index (χ1) is 14.3. The predicted octanol–water partition coefficient (Wildman–Crippen LogP) is 5.39. The SMILES string of the molecule is O=C(NC1CCCCCC1)c1ccc(-c2cnc(Oc3ccccc3)nc2)cc1. The van der Waals surface area contributed by atoms with Crippen LogP contribution >= 0.6 is 0 Å². The molecular weight excluding hydrogens is 362 g/mol. The number of rotatable bonds is 5. The van der Waals surface area contributed by atoms with Crippen LogP contribution in [0.3, 0.4) is 0 Å². The van der Waals surface area contributed by atoms with E-state index in [-0.39, 0.29) is 5.91 Å². The Morgan fingerprint density at radius 1 is 0.828 bits per heavy atom. The Bertz CT molecular complexity index is 917. The number of nitrogens with one attached hydrogen (secondary N) is 1. The van der Waals surface area contributed by atoms with Crippen molar-refractivity contribution in [2.45, 2.75) is 44.6 Å². The van der Waals surface area contributed by atoms with Crippen molar-refractivity contribution in [3.63, 3.8) is 0 Å². The van der Waals surface area contributed by atoms with Crippen molar-refractivity contribution in [1.82, 2.24) is 15.3 Å². The second kappa shape index (κ2) is 9.32. The molecule has 0 radical (unpaired) electrons. The zero-order chi connectivity index (χ0) is 19.9. The lowest BCUT2D eigenvalue weighted by Crippen LogP contribution is -2.34. The second-order valence-corrected chi connectivity index (χ2v) is 7.41. The predicted molar refractivity (Wildman–Crippen MR) is 113 cm³/mol. The van der Waals surface area contributed by atoms with E-state index >= 15 is 0 Å². The van der Waals surface area contributed by atoms with Gasteiger partial charge in [-0.25, -0.2) is 9.97 Å². The van der Waals surface area contributed by atoms with Crippen LogP contribution in [0.25, 0.3) is 11.1 Å². The highest BCUT2D eigenvalue weighted by molar-refractivity contribution is 5.94. The van der Waals surface area contributed by atoms with Gasteiger partial charge in [-0.05, 0) is 42.7 Å². The highest BCUT2D eigenvalue weighted by atomic mass is 16.5. The molecule has 0 atom stereocenters. The standard InChI is InChI=1S/C24H25N3O2/c28-23(27-21-8-4-1-2-5-9-21)19-14-12-18(13-15-19)20-16-25-24(26-17-20)29-22-10-6-3-7-11-22/h3,6-7,10-17,21H,1-2,4-5,8-9H2,(H,27,28). The minimum atomic E-state index is 0.00584. The summed E-state index contributed by atoms with van der Waals surface area (Å²) in [6.07, 6.45) is 10.6. The maximum Gasteiger partial charge on any atom is 0.321 e. The number of nitrogens with zero attached hydrogens (tertiary/aromatic N) is 2. The molecule has 0 bridgehead atoms. The van der Waals surface area contributed by atoms with Gasteiger partial charge in [-0.2, -0.15) is 0 Å². The molecule has 0 unspecified atom stereocenters. The topological polar surface area (TPSA) is 64.1 Å². The van der Waals surface area contributed by atoms with Crippen LogP contribution in [0.2, 0.25) is 0 Å². The van der Waals surface area contributed by atoms with E-state index in [4.69, 9.17) is 4.74 Å². The van der Waals surface area contributed by atoms with E-state index in [1.165, 1.54) is 25.7 Å². The van der Waals surface area contributed by atoms with Crippen LogP contribution < -0.4 is 10.1 Å². The summed E-state index contributed by atoms with van der Waals surface area (Å²) >= 11 is 0. The van der Waals surface area contributed by atoms with E-state index in [0.29, 0.717) is 23.4 Å². The average molecular weight is 387 g/mol. The van der Waals surface area contributed by atoms with Crippen LogP contribution in [0, 0.1) is 0 Å². The number of hydrogen-bond donors (Lipinski definition) is 1. The maximum atomic E-state index is 12.5. The van der Waals surface area contributed by atoms with Crippen molar-refractivity contribution in [2.75, 3.05) is 0 Å². The third-order valence-corrected chi connectivity index (χ3v) is 5.25. The van der Waals surface area contributed by atoms with E-state index in [1.54, 1.807) is 12.4 Å². The molecular formula is C24H25N3O2. The molecule has 1 saturated carbocycles. The first kappa shape index (κ1) is 19.1. The average Bonchev–Trinajstić information content (AvgIpc) is 3.04. The fraction of sp³-hybridized carbons (Fsp3) is 0.292. The van der Waals surface area contributed by atoms with Gasteiger partial charge in [-0.3, -0.25) is 4.79 Å². The normalized spacial score (nSPS) is 14.8. The van der Waals surface area contributed by atoms with Crippen LogP contribution in [0.1, 0.15) is 48.9 Å². The van der Waals surface area contributed by atoms with E-state index in [0.717, 1.165) is 24.0 Å². The Balaban J connectivity index is 1.38. The van der Waals surface area contributed by atoms with Gasteiger partial charge in [-0.15, -0.1) is 0 Å². The zero-order valence-corrected chi connectivity index (χ0v) is 16.4. The van der Waals surface area contributed by atoms with Crippen molar-refractivity contribution < 1.29 is 9.53 Å². The number of aromatic nitrogens is 2. The Labute approximate surface area is 171 Å². The first-order valence-electron chi connectivity index (χ1n) is 10.2. The molecule has 2 aromatic carbocycles. The van der Waals surface area contributed by atoms with Crippen LogP contribution in [-0.2, 0) is 0 Å². The van der Waals surface area contributed by atoms with Crippen molar-refractivity contribution in [3.05, 3.63) is 72.6 Å². The van der Waals surface area contributed by atoms with E-state index < -0.39 is 0 Å². The quantitative estimate of drug-likeness (QED) is 0.596. The number of carbonyl (C=O) groups is 1. The summed E-state index contributed by atoms with van der Waals surface area (Å²) in [5.41, 5.74) is 2.52. The second-order valence-electron chi connectivity index (χ2n) is 7.41. The van der Waals surface area contributed by atoms with Gasteiger partial charge in [0.2, 0.25) is 0 Å². The lowest BCUT2D eigenvalue weighted by atomic mass is 10.1. The number of carbonyl (C=O) groups excluding carboxylic acids is 1. The minimum Gasteiger partial charge on any atom is -0.424 e. The van der Waals surface area contributed by atoms with Gasteiger partial charge in [0, 0.05) is 29.6 Å². The summed E-state index contributed by atoms with van der Waals surface area (Å²) in [5.74, 6) is 0.704. The number of benzene rings is 2. The summed E-state index contributed by atoms with van der Waals surface area (Å²) in [6, 6.07) is 17.6. The molecule has 29 heavy (non-hydrogen) atoms. The Morgan fingerprint density at radius 3 is 2.14 bits per heavy atom. The largest absolute Gasteiger partial charge is 0.424 e. The Kier molecular flexibility index (Phi) is 6.15. The van der Waals surface area contributed by atoms with Crippen molar-refractivity contribution in [2.24, 2.45) is 0 Å². The first-order valence-corrected chi connectivity index (χ1v) is 10.2. The molecule has 1 heterocycles. The molecule has 1 fully saturated rings. The van der Waals surface area contributed by atoms with Crippen molar-refractivity contribution >= 4 is 5.91 Å². The van der Waals surface area contributed by atoms with Gasteiger partial charge in [-0.1, -0.05) is 56.0 Å². The van der Waals surface area contributed by atoms with E-state index in [2.05, 4.69) is 15.3 Å². The van der Waals surface area contributed by atoms with Gasteiger partial charge in [0.1, 0.15) is 5.75 Å². The van der Waals surface area contributed by atoms with Gasteiger partial charge in [0.15, 0.2) is 0 Å². The van der Waals surface area contributed by atoms with Crippen molar-refractivity contribution in [3.8, 4) is 22.9 Å². The molecule has 1 aromatic heterocycles. The molecule has 148 valence electrons. The minimum absolute atomic E-state index is 0.00584. The molecule has 5 nitrogen and oxygen atoms in total. The van der Waals surface area contributed by atoms with Crippen LogP contribution in [0.15, 0.2) is 67.0 Å². The fourth-order valence-electron chi connectivity index (χ4n) is 3.62. The number of hydrogen-bond acceptors (Lipinski definition) is 4. The fourth-order valence-corrected chi connectivity index (χ4v) is 3.62. The summed E-state index contributed by atoms with van der Waals surface area (Å²) in [4.78, 5) is 21.1. The summed E-state index contributed by atoms with van der Waals surface area (Å²) in [5, 5.41) is 3.18. The van der Waals surface area contributed by atoms with Crippen molar-refractivity contribution in [1.29, 1.82) is 0 Å². The monoisotopic (exact) mass is 387 g/mol. The highest BCUT2D eigenvalue weighted by Crippen LogP contribution is 2.22. The third-order valence-electron chi connectivity index (χ3n) is 5.25. The Hall–Kier alpha value is -3.21. The summed E-state index contributed by atoms with van der Waals surface area (Å²) in [6.45, 7) is 0. The molecule has 3 aromatic rings. The molecule has 5 heteroatoms. The molecule has 1 N–H and O–H groups in total. The molecule has 0 aliphatic heterocycles. The smallest absolute Gasteiger partial charge is 0.321 e. The van der Waals surface area contributed by atoms with E-state index in [1.807, 2.05) is 54.6 Å². The lowest BCUT2D eigenvalue weighted by molar-refractivity contribution is 0.0933. The molecule has 4 rings (SSSR count). The van der Waals surface area contributed by atoms with Gasteiger partial charge in [0.25, 0.3) is 5.91 Å². The van der Waals surface area contributed by atoms with E-state index in [9.17, 15) is 4.79 Å². The number of para-hydroxylation sites is 1. The zero-order valence-electron chi connectivity index (χ0n) is 16.4.